The van der Waals surface area contributed by atoms with Crippen LogP contribution in [0.2, 0.25) is 0 Å². The van der Waals surface area contributed by atoms with Gasteiger partial charge in [0, 0.05) is 51.9 Å². The third kappa shape index (κ3) is 30.1. The summed E-state index contributed by atoms with van der Waals surface area (Å²) in [5, 5.41) is 11.1. The van der Waals surface area contributed by atoms with E-state index in [0.29, 0.717) is 131 Å². The Bertz CT molecular complexity index is 704. The zero-order valence-electron chi connectivity index (χ0n) is 30.4. The molecule has 16 heteroatoms. The van der Waals surface area contributed by atoms with E-state index < -0.39 is 5.41 Å². The van der Waals surface area contributed by atoms with Gasteiger partial charge in [-0.25, -0.2) is 0 Å². The van der Waals surface area contributed by atoms with Crippen molar-refractivity contribution in [1.82, 2.24) is 21.3 Å². The van der Waals surface area contributed by atoms with E-state index >= 15 is 0 Å². The molecule has 0 aromatic carbocycles. The van der Waals surface area contributed by atoms with E-state index in [1.54, 1.807) is 27.7 Å². The van der Waals surface area contributed by atoms with E-state index in [-0.39, 0.29) is 50.1 Å². The van der Waals surface area contributed by atoms with Gasteiger partial charge in [-0.05, 0) is 0 Å². The fourth-order valence-corrected chi connectivity index (χ4v) is 3.83. The van der Waals surface area contributed by atoms with Crippen molar-refractivity contribution < 1.29 is 57.1 Å². The first-order chi connectivity index (χ1) is 23.8. The predicted molar refractivity (Wildman–Crippen MR) is 182 cm³/mol. The lowest BCUT2D eigenvalue weighted by Crippen LogP contribution is -2.43. The number of amides is 4. The van der Waals surface area contributed by atoms with Crippen LogP contribution in [0.15, 0.2) is 0 Å². The van der Waals surface area contributed by atoms with Crippen molar-refractivity contribution in [2.45, 2.75) is 53.4 Å². The lowest BCUT2D eigenvalue weighted by Gasteiger charge is -2.33. The first kappa shape index (κ1) is 46.6. The molecular formula is C33H64N4O12. The van der Waals surface area contributed by atoms with Crippen molar-refractivity contribution in [3.63, 3.8) is 0 Å². The topological polar surface area (TPSA) is 190 Å². The van der Waals surface area contributed by atoms with E-state index in [1.165, 1.54) is 0 Å². The zero-order chi connectivity index (χ0) is 36.3. The van der Waals surface area contributed by atoms with Crippen molar-refractivity contribution in [2.24, 2.45) is 5.41 Å². The molecule has 0 unspecified atom stereocenters. The van der Waals surface area contributed by atoms with Crippen molar-refractivity contribution >= 4 is 23.6 Å². The molecule has 0 heterocycles. The van der Waals surface area contributed by atoms with Crippen LogP contribution in [0.4, 0.5) is 0 Å². The third-order valence-electron chi connectivity index (χ3n) is 6.68. The van der Waals surface area contributed by atoms with Crippen LogP contribution in [0.1, 0.15) is 53.4 Å². The molecule has 0 aliphatic carbocycles. The van der Waals surface area contributed by atoms with Crippen LogP contribution in [0.3, 0.4) is 0 Å². The van der Waals surface area contributed by atoms with Crippen LogP contribution < -0.4 is 21.3 Å². The molecule has 0 aromatic heterocycles. The first-order valence-corrected chi connectivity index (χ1v) is 17.5. The van der Waals surface area contributed by atoms with E-state index in [4.69, 9.17) is 37.9 Å². The van der Waals surface area contributed by atoms with Gasteiger partial charge in [0.1, 0.15) is 0 Å². The maximum absolute atomic E-state index is 11.4. The lowest BCUT2D eigenvalue weighted by molar-refractivity contribution is -0.122. The van der Waals surface area contributed by atoms with Gasteiger partial charge in [0.2, 0.25) is 23.6 Å². The largest absolute Gasteiger partial charge is 0.378 e. The molecular weight excluding hydrogens is 644 g/mol. The molecule has 0 spiro atoms. The number of ether oxygens (including phenoxy) is 8. The van der Waals surface area contributed by atoms with Gasteiger partial charge in [-0.15, -0.1) is 0 Å². The highest BCUT2D eigenvalue weighted by atomic mass is 16.6. The van der Waals surface area contributed by atoms with Crippen molar-refractivity contribution in [1.29, 1.82) is 0 Å². The van der Waals surface area contributed by atoms with Crippen molar-refractivity contribution in [3.8, 4) is 0 Å². The molecule has 16 nitrogen and oxygen atoms in total. The van der Waals surface area contributed by atoms with Gasteiger partial charge in [-0.3, -0.25) is 19.2 Å². The summed E-state index contributed by atoms with van der Waals surface area (Å²) in [6, 6.07) is 0. The molecule has 0 aromatic rings. The molecule has 4 amide bonds. The monoisotopic (exact) mass is 708 g/mol. The molecule has 0 atom stereocenters. The summed E-state index contributed by atoms with van der Waals surface area (Å²) in [6.45, 7) is 14.0. The summed E-state index contributed by atoms with van der Waals surface area (Å²) in [7, 11) is 0. The molecule has 4 N–H and O–H groups in total. The van der Waals surface area contributed by atoms with Gasteiger partial charge in [0.25, 0.3) is 0 Å². The minimum atomic E-state index is -0.686. The summed E-state index contributed by atoms with van der Waals surface area (Å²) in [4.78, 5) is 45.6. The Morgan fingerprint density at radius 2 is 0.551 bits per heavy atom. The zero-order valence-corrected chi connectivity index (χ0v) is 30.4. The summed E-state index contributed by atoms with van der Waals surface area (Å²) in [5.74, 6) is -0.109. The molecule has 0 saturated carbocycles. The number of carbonyl (C=O) groups is 4. The van der Waals surface area contributed by atoms with Crippen LogP contribution in [-0.2, 0) is 57.1 Å². The van der Waals surface area contributed by atoms with Crippen LogP contribution in [0, 0.1) is 5.41 Å². The highest BCUT2D eigenvalue weighted by molar-refractivity contribution is 5.76. The average molecular weight is 709 g/mol. The Balaban J connectivity index is 5.02. The average Bonchev–Trinajstić information content (AvgIpc) is 3.11. The standard InChI is InChI=1S/C33H64N4O12/c1-5-29(38)34-9-13-42-17-21-46-25-33(26-47-22-18-43-14-10-35-30(39)6-2,27-48-23-19-44-15-11-36-31(40)7-3)28-49-24-20-45-16-12-37-32(41)8-4/h5-28H2,1-4H3,(H,34,38)(H,35,39)(H,36,40)(H,37,41). The second-order valence-corrected chi connectivity index (χ2v) is 11.0. The number of hydrogen-bond acceptors (Lipinski definition) is 12. The summed E-state index contributed by atoms with van der Waals surface area (Å²) in [6.07, 6.45) is 1.70. The Morgan fingerprint density at radius 3 is 0.755 bits per heavy atom. The van der Waals surface area contributed by atoms with Gasteiger partial charge < -0.3 is 59.2 Å². The van der Waals surface area contributed by atoms with Crippen LogP contribution in [0.5, 0.6) is 0 Å². The van der Waals surface area contributed by atoms with Crippen LogP contribution >= 0.6 is 0 Å². The number of carbonyl (C=O) groups excluding carboxylic acids is 4. The predicted octanol–water partition coefficient (Wildman–Crippen LogP) is 0.210. The van der Waals surface area contributed by atoms with Gasteiger partial charge in [-0.2, -0.15) is 0 Å². The van der Waals surface area contributed by atoms with Crippen molar-refractivity contribution in [2.75, 3.05) is 132 Å². The fourth-order valence-electron chi connectivity index (χ4n) is 3.83. The van der Waals surface area contributed by atoms with E-state index in [2.05, 4.69) is 21.3 Å². The molecule has 0 bridgehead atoms. The lowest BCUT2D eigenvalue weighted by atomic mass is 9.92. The smallest absolute Gasteiger partial charge is 0.219 e. The van der Waals surface area contributed by atoms with Gasteiger partial charge >= 0.3 is 0 Å². The molecule has 0 aliphatic rings. The number of nitrogens with one attached hydrogen (secondary N) is 4. The Labute approximate surface area is 292 Å². The first-order valence-electron chi connectivity index (χ1n) is 17.5. The second kappa shape index (κ2) is 34.0. The maximum Gasteiger partial charge on any atom is 0.219 e. The van der Waals surface area contributed by atoms with Crippen molar-refractivity contribution in [3.05, 3.63) is 0 Å². The Hall–Kier alpha value is -2.44. The van der Waals surface area contributed by atoms with Crippen LogP contribution in [-0.4, -0.2) is 156 Å². The minimum absolute atomic E-state index is 0.0272. The van der Waals surface area contributed by atoms with Gasteiger partial charge in [0.05, 0.1) is 111 Å². The molecule has 0 saturated heterocycles. The van der Waals surface area contributed by atoms with E-state index in [9.17, 15) is 19.2 Å². The quantitative estimate of drug-likeness (QED) is 0.0649. The van der Waals surface area contributed by atoms with Crippen LogP contribution in [0.25, 0.3) is 0 Å². The maximum atomic E-state index is 11.4. The molecule has 0 radical (unpaired) electrons. The normalized spacial score (nSPS) is 11.3. The highest BCUT2D eigenvalue weighted by Gasteiger charge is 2.32. The molecule has 0 fully saturated rings. The Kier molecular flexibility index (Phi) is 32.3. The minimum Gasteiger partial charge on any atom is -0.378 e. The van der Waals surface area contributed by atoms with Gasteiger partial charge in [-0.1, -0.05) is 27.7 Å². The summed E-state index contributed by atoms with van der Waals surface area (Å²) in [5.41, 5.74) is -0.686. The number of rotatable bonds is 36. The van der Waals surface area contributed by atoms with E-state index in [1.807, 2.05) is 0 Å². The molecule has 49 heavy (non-hydrogen) atoms. The number of hydrogen-bond donors (Lipinski definition) is 4. The SMILES string of the molecule is CCC(=O)NCCOCCOCC(COCCOCCNC(=O)CC)(COCCOCCNC(=O)CC)COCCOCCNC(=O)CC. The highest BCUT2D eigenvalue weighted by Crippen LogP contribution is 2.21. The molecule has 0 rings (SSSR count). The van der Waals surface area contributed by atoms with Gasteiger partial charge in [0.15, 0.2) is 0 Å². The molecule has 0 aliphatic heterocycles. The fraction of sp³-hybridized carbons (Fsp3) is 0.879. The Morgan fingerprint density at radius 1 is 0.347 bits per heavy atom. The second-order valence-electron chi connectivity index (χ2n) is 11.0. The summed E-state index contributed by atoms with van der Waals surface area (Å²) < 4.78 is 46.4. The third-order valence-corrected chi connectivity index (χ3v) is 6.68. The summed E-state index contributed by atoms with van der Waals surface area (Å²) >= 11 is 0. The molecule has 288 valence electrons. The van der Waals surface area contributed by atoms with E-state index in [0.717, 1.165) is 0 Å².